The van der Waals surface area contributed by atoms with E-state index in [4.69, 9.17) is 11.6 Å². The number of aromatic nitrogens is 1. The minimum Gasteiger partial charge on any atom is -0.310 e. The van der Waals surface area contributed by atoms with E-state index in [2.05, 4.69) is 23.3 Å². The highest BCUT2D eigenvalue weighted by Crippen LogP contribution is 2.28. The molecule has 2 aromatic rings. The molecular formula is C17H20ClFN2. The van der Waals surface area contributed by atoms with Crippen molar-refractivity contribution in [1.82, 2.24) is 10.3 Å². The smallest absolute Gasteiger partial charge is 0.129 e. The van der Waals surface area contributed by atoms with Gasteiger partial charge >= 0.3 is 0 Å². The Hall–Kier alpha value is -1.45. The standard InChI is InChI=1S/C17H20ClFN2/c1-3-12-8-9-13(21-11-12)10-16(20-4-2)17-14(18)6-5-7-15(17)19/h5-9,11,16,20H,3-4,10H2,1-2H3. The van der Waals surface area contributed by atoms with Crippen molar-refractivity contribution in [2.75, 3.05) is 6.54 Å². The van der Waals surface area contributed by atoms with E-state index in [1.54, 1.807) is 12.1 Å². The van der Waals surface area contributed by atoms with Crippen LogP contribution in [0.4, 0.5) is 4.39 Å². The van der Waals surface area contributed by atoms with Gasteiger partial charge in [0.1, 0.15) is 5.82 Å². The summed E-state index contributed by atoms with van der Waals surface area (Å²) in [7, 11) is 0. The number of pyridine rings is 1. The molecule has 0 spiro atoms. The third-order valence-corrected chi connectivity index (χ3v) is 3.84. The van der Waals surface area contributed by atoms with Crippen LogP contribution in [-0.2, 0) is 12.8 Å². The van der Waals surface area contributed by atoms with Crippen LogP contribution in [-0.4, -0.2) is 11.5 Å². The number of hydrogen-bond donors (Lipinski definition) is 1. The Labute approximate surface area is 130 Å². The first-order valence-electron chi connectivity index (χ1n) is 7.26. The Morgan fingerprint density at radius 2 is 2.05 bits per heavy atom. The summed E-state index contributed by atoms with van der Waals surface area (Å²) in [4.78, 5) is 4.45. The van der Waals surface area contributed by atoms with Crippen molar-refractivity contribution >= 4 is 11.6 Å². The van der Waals surface area contributed by atoms with Crippen LogP contribution in [0.25, 0.3) is 0 Å². The zero-order chi connectivity index (χ0) is 15.2. The quantitative estimate of drug-likeness (QED) is 0.859. The minimum absolute atomic E-state index is 0.177. The van der Waals surface area contributed by atoms with Crippen LogP contribution in [0.15, 0.2) is 36.5 Å². The SMILES string of the molecule is CCNC(Cc1ccc(CC)cn1)c1c(F)cccc1Cl. The summed E-state index contributed by atoms with van der Waals surface area (Å²) in [6.07, 6.45) is 3.45. The lowest BCUT2D eigenvalue weighted by atomic mass is 10.0. The van der Waals surface area contributed by atoms with Crippen molar-refractivity contribution in [2.24, 2.45) is 0 Å². The van der Waals surface area contributed by atoms with Crippen LogP contribution in [0, 0.1) is 5.82 Å². The number of aryl methyl sites for hydroxylation is 1. The monoisotopic (exact) mass is 306 g/mol. The molecule has 1 aromatic carbocycles. The van der Waals surface area contributed by atoms with Crippen LogP contribution in [0.3, 0.4) is 0 Å². The number of rotatable bonds is 6. The molecule has 0 saturated heterocycles. The van der Waals surface area contributed by atoms with Crippen LogP contribution in [0.5, 0.6) is 0 Å². The van der Waals surface area contributed by atoms with Gasteiger partial charge in [-0.25, -0.2) is 4.39 Å². The molecule has 1 heterocycles. The zero-order valence-electron chi connectivity index (χ0n) is 12.4. The molecular weight excluding hydrogens is 287 g/mol. The summed E-state index contributed by atoms with van der Waals surface area (Å²) in [5.41, 5.74) is 2.64. The third kappa shape index (κ3) is 4.02. The largest absolute Gasteiger partial charge is 0.310 e. The molecule has 0 saturated carbocycles. The molecule has 4 heteroatoms. The first kappa shape index (κ1) is 15.9. The van der Waals surface area contributed by atoms with Crippen molar-refractivity contribution in [3.63, 3.8) is 0 Å². The van der Waals surface area contributed by atoms with E-state index in [-0.39, 0.29) is 11.9 Å². The average molecular weight is 307 g/mol. The normalized spacial score (nSPS) is 12.4. The predicted octanol–water partition coefficient (Wildman–Crippen LogP) is 4.33. The lowest BCUT2D eigenvalue weighted by Gasteiger charge is -2.20. The van der Waals surface area contributed by atoms with E-state index in [0.717, 1.165) is 18.7 Å². The molecule has 0 fully saturated rings. The van der Waals surface area contributed by atoms with E-state index >= 15 is 0 Å². The van der Waals surface area contributed by atoms with Gasteiger partial charge in [0.15, 0.2) is 0 Å². The maximum atomic E-state index is 14.1. The summed E-state index contributed by atoms with van der Waals surface area (Å²) < 4.78 is 14.1. The number of nitrogens with one attached hydrogen (secondary N) is 1. The molecule has 2 rings (SSSR count). The first-order chi connectivity index (χ1) is 10.2. The average Bonchev–Trinajstić information content (AvgIpc) is 2.48. The Morgan fingerprint density at radius 3 is 2.62 bits per heavy atom. The maximum Gasteiger partial charge on any atom is 0.129 e. The second kappa shape index (κ2) is 7.53. The summed E-state index contributed by atoms with van der Waals surface area (Å²) in [5, 5.41) is 3.74. The topological polar surface area (TPSA) is 24.9 Å². The van der Waals surface area contributed by atoms with Gasteiger partial charge in [-0.3, -0.25) is 4.98 Å². The molecule has 0 aliphatic carbocycles. The number of halogens is 2. The highest BCUT2D eigenvalue weighted by Gasteiger charge is 2.19. The van der Waals surface area contributed by atoms with Crippen molar-refractivity contribution in [3.05, 3.63) is 64.2 Å². The molecule has 1 N–H and O–H groups in total. The summed E-state index contributed by atoms with van der Waals surface area (Å²) in [6, 6.07) is 8.67. The van der Waals surface area contributed by atoms with Gasteiger partial charge in [-0.2, -0.15) is 0 Å². The first-order valence-corrected chi connectivity index (χ1v) is 7.64. The summed E-state index contributed by atoms with van der Waals surface area (Å²) >= 11 is 6.17. The Morgan fingerprint density at radius 1 is 1.24 bits per heavy atom. The lowest BCUT2D eigenvalue weighted by Crippen LogP contribution is -2.24. The van der Waals surface area contributed by atoms with Gasteiger partial charge in [-0.15, -0.1) is 0 Å². The molecule has 0 aliphatic heterocycles. The van der Waals surface area contributed by atoms with Crippen molar-refractivity contribution in [3.8, 4) is 0 Å². The molecule has 1 atom stereocenters. The van der Waals surface area contributed by atoms with Crippen molar-refractivity contribution in [1.29, 1.82) is 0 Å². The molecule has 0 bridgehead atoms. The Bertz CT molecular complexity index is 564. The van der Waals surface area contributed by atoms with Gasteiger partial charge < -0.3 is 5.32 Å². The molecule has 0 amide bonds. The Kier molecular flexibility index (Phi) is 5.71. The third-order valence-electron chi connectivity index (χ3n) is 3.51. The number of likely N-dealkylation sites (N-methyl/N-ethyl adjacent to an activating group) is 1. The molecule has 0 radical (unpaired) electrons. The molecule has 21 heavy (non-hydrogen) atoms. The van der Waals surface area contributed by atoms with Crippen LogP contribution in [0.1, 0.15) is 36.7 Å². The van der Waals surface area contributed by atoms with Gasteiger partial charge in [0.2, 0.25) is 0 Å². The lowest BCUT2D eigenvalue weighted by molar-refractivity contribution is 0.506. The van der Waals surface area contributed by atoms with E-state index < -0.39 is 0 Å². The van der Waals surface area contributed by atoms with Gasteiger partial charge in [0.25, 0.3) is 0 Å². The maximum absolute atomic E-state index is 14.1. The van der Waals surface area contributed by atoms with E-state index in [1.165, 1.54) is 11.6 Å². The van der Waals surface area contributed by atoms with Crippen LogP contribution >= 0.6 is 11.6 Å². The number of nitrogens with zero attached hydrogens (tertiary/aromatic N) is 1. The summed E-state index contributed by atoms with van der Waals surface area (Å²) in [5.74, 6) is -0.279. The molecule has 1 aromatic heterocycles. The highest BCUT2D eigenvalue weighted by molar-refractivity contribution is 6.31. The fraction of sp³-hybridized carbons (Fsp3) is 0.353. The Balaban J connectivity index is 2.26. The zero-order valence-corrected chi connectivity index (χ0v) is 13.1. The van der Waals surface area contributed by atoms with E-state index in [0.29, 0.717) is 17.0 Å². The fourth-order valence-electron chi connectivity index (χ4n) is 2.36. The van der Waals surface area contributed by atoms with Crippen LogP contribution < -0.4 is 5.32 Å². The van der Waals surface area contributed by atoms with E-state index in [9.17, 15) is 4.39 Å². The van der Waals surface area contributed by atoms with Gasteiger partial charge in [0, 0.05) is 34.9 Å². The highest BCUT2D eigenvalue weighted by atomic mass is 35.5. The van der Waals surface area contributed by atoms with Gasteiger partial charge in [-0.1, -0.05) is 37.6 Å². The number of hydrogen-bond acceptors (Lipinski definition) is 2. The fourth-order valence-corrected chi connectivity index (χ4v) is 2.66. The summed E-state index contributed by atoms with van der Waals surface area (Å²) in [6.45, 7) is 4.83. The molecule has 2 nitrogen and oxygen atoms in total. The van der Waals surface area contributed by atoms with E-state index in [1.807, 2.05) is 19.2 Å². The van der Waals surface area contributed by atoms with Gasteiger partial charge in [-0.05, 0) is 36.7 Å². The molecule has 0 aliphatic rings. The minimum atomic E-state index is -0.279. The second-order valence-corrected chi connectivity index (χ2v) is 5.37. The van der Waals surface area contributed by atoms with Crippen LogP contribution in [0.2, 0.25) is 5.02 Å². The number of benzene rings is 1. The second-order valence-electron chi connectivity index (χ2n) is 4.96. The molecule has 1 unspecified atom stereocenters. The molecule has 112 valence electrons. The van der Waals surface area contributed by atoms with Gasteiger partial charge in [0.05, 0.1) is 0 Å². The predicted molar refractivity (Wildman–Crippen MR) is 85.1 cm³/mol. The van der Waals surface area contributed by atoms with Crippen molar-refractivity contribution < 1.29 is 4.39 Å². The van der Waals surface area contributed by atoms with Crippen molar-refractivity contribution in [2.45, 2.75) is 32.7 Å².